The zero-order chi connectivity index (χ0) is 24.2. The van der Waals surface area contributed by atoms with Crippen LogP contribution in [-0.4, -0.2) is 69.0 Å². The van der Waals surface area contributed by atoms with Crippen molar-refractivity contribution in [3.8, 4) is 17.7 Å². The molecule has 0 spiro atoms. The maximum atomic E-state index is 13.9. The molecular weight excluding hydrogens is 474 g/mol. The highest BCUT2D eigenvalue weighted by atomic mass is 35.5. The highest BCUT2D eigenvalue weighted by Gasteiger charge is 2.49. The van der Waals surface area contributed by atoms with Gasteiger partial charge < -0.3 is 18.6 Å². The van der Waals surface area contributed by atoms with Gasteiger partial charge in [0, 0.05) is 33.3 Å². The SMILES string of the molecule is COC1(c2noc(-c3ncn4c3c(=O)n(CCN3CCOCC3)c3c(C#N)c(Cl)ccc34)n2)CC1. The second-order valence-corrected chi connectivity index (χ2v) is 9.15. The normalized spacial score (nSPS) is 17.7. The minimum atomic E-state index is -0.527. The fourth-order valence-electron chi connectivity index (χ4n) is 4.67. The molecule has 1 saturated heterocycles. The van der Waals surface area contributed by atoms with Crippen LogP contribution in [0.3, 0.4) is 0 Å². The zero-order valence-corrected chi connectivity index (χ0v) is 19.8. The van der Waals surface area contributed by atoms with E-state index in [1.807, 2.05) is 0 Å². The van der Waals surface area contributed by atoms with Crippen molar-refractivity contribution in [1.82, 2.24) is 29.0 Å². The molecule has 0 N–H and O–H groups in total. The number of fused-ring (bicyclic) bond motifs is 3. The molecule has 180 valence electrons. The summed E-state index contributed by atoms with van der Waals surface area (Å²) in [5.74, 6) is 0.597. The number of hydrogen-bond donors (Lipinski definition) is 0. The minimum absolute atomic E-state index is 0.150. The molecule has 1 aliphatic carbocycles. The number of rotatable bonds is 6. The molecule has 0 radical (unpaired) electrons. The quantitative estimate of drug-likeness (QED) is 0.396. The van der Waals surface area contributed by atoms with E-state index in [4.69, 9.17) is 25.6 Å². The average Bonchev–Trinajstić information content (AvgIpc) is 3.30. The van der Waals surface area contributed by atoms with E-state index < -0.39 is 5.60 Å². The first-order valence-electron chi connectivity index (χ1n) is 11.4. The van der Waals surface area contributed by atoms with Crippen molar-refractivity contribution in [2.75, 3.05) is 40.0 Å². The van der Waals surface area contributed by atoms with Gasteiger partial charge in [-0.3, -0.25) is 14.1 Å². The first-order chi connectivity index (χ1) is 17.1. The number of imidazole rings is 1. The van der Waals surface area contributed by atoms with Crippen molar-refractivity contribution in [3.05, 3.63) is 45.2 Å². The predicted octanol–water partition coefficient (Wildman–Crippen LogP) is 2.19. The van der Waals surface area contributed by atoms with Crippen LogP contribution >= 0.6 is 11.6 Å². The van der Waals surface area contributed by atoms with Gasteiger partial charge in [-0.1, -0.05) is 16.8 Å². The lowest BCUT2D eigenvalue weighted by Crippen LogP contribution is -2.39. The Balaban J connectivity index is 1.53. The highest BCUT2D eigenvalue weighted by molar-refractivity contribution is 6.32. The lowest BCUT2D eigenvalue weighted by molar-refractivity contribution is 0.0364. The first kappa shape index (κ1) is 22.2. The van der Waals surface area contributed by atoms with Crippen LogP contribution in [0.5, 0.6) is 0 Å². The molecular formula is C23H22ClN7O4. The molecule has 2 fully saturated rings. The molecule has 1 saturated carbocycles. The summed E-state index contributed by atoms with van der Waals surface area (Å²) in [6.07, 6.45) is 3.15. The third kappa shape index (κ3) is 3.52. The van der Waals surface area contributed by atoms with Gasteiger partial charge in [-0.25, -0.2) is 4.98 Å². The van der Waals surface area contributed by atoms with Crippen LogP contribution in [0.1, 0.15) is 24.2 Å². The van der Waals surface area contributed by atoms with Gasteiger partial charge in [-0.15, -0.1) is 0 Å². The Morgan fingerprint density at radius 1 is 1.23 bits per heavy atom. The van der Waals surface area contributed by atoms with E-state index in [1.54, 1.807) is 28.2 Å². The fourth-order valence-corrected chi connectivity index (χ4v) is 4.86. The smallest absolute Gasteiger partial charge is 0.279 e. The largest absolute Gasteiger partial charge is 0.379 e. The second kappa shape index (κ2) is 8.42. The van der Waals surface area contributed by atoms with Gasteiger partial charge in [0.2, 0.25) is 5.82 Å². The molecule has 35 heavy (non-hydrogen) atoms. The summed E-state index contributed by atoms with van der Waals surface area (Å²) in [7, 11) is 1.62. The van der Waals surface area contributed by atoms with Gasteiger partial charge >= 0.3 is 0 Å². The number of nitrogens with zero attached hydrogens (tertiary/aromatic N) is 7. The van der Waals surface area contributed by atoms with Gasteiger partial charge in [-0.2, -0.15) is 10.2 Å². The molecule has 0 atom stereocenters. The zero-order valence-electron chi connectivity index (χ0n) is 19.0. The number of ether oxygens (including phenoxy) is 2. The monoisotopic (exact) mass is 495 g/mol. The predicted molar refractivity (Wildman–Crippen MR) is 125 cm³/mol. The van der Waals surface area contributed by atoms with Crippen molar-refractivity contribution >= 4 is 28.2 Å². The van der Waals surface area contributed by atoms with Crippen molar-refractivity contribution < 1.29 is 14.0 Å². The third-order valence-corrected chi connectivity index (χ3v) is 7.15. The van der Waals surface area contributed by atoms with E-state index in [0.717, 1.165) is 25.9 Å². The standard InChI is InChI=1S/C23H22ClN7O4/c1-33-23(4-5-23)22-27-20(35-28-22)17-19-21(32)30(7-6-29-8-10-34-11-9-29)18-14(12-25)15(24)2-3-16(18)31(19)13-26-17/h2-3,13H,4-11H2,1H3. The van der Waals surface area contributed by atoms with E-state index >= 15 is 0 Å². The summed E-state index contributed by atoms with van der Waals surface area (Å²) < 4.78 is 19.7. The van der Waals surface area contributed by atoms with Crippen molar-refractivity contribution in [2.24, 2.45) is 0 Å². The molecule has 11 nitrogen and oxygen atoms in total. The summed E-state index contributed by atoms with van der Waals surface area (Å²) in [6, 6.07) is 5.60. The van der Waals surface area contributed by atoms with Crippen molar-refractivity contribution in [3.63, 3.8) is 0 Å². The van der Waals surface area contributed by atoms with Crippen LogP contribution in [0.25, 0.3) is 28.1 Å². The first-order valence-corrected chi connectivity index (χ1v) is 11.8. The van der Waals surface area contributed by atoms with Gasteiger partial charge in [-0.05, 0) is 25.0 Å². The topological polar surface area (TPSA) is 124 Å². The van der Waals surface area contributed by atoms with Crippen LogP contribution in [0.2, 0.25) is 5.02 Å². The number of halogens is 1. The summed E-state index contributed by atoms with van der Waals surface area (Å²) in [5.41, 5.74) is 1.09. The molecule has 0 unspecified atom stereocenters. The molecule has 0 bridgehead atoms. The number of benzene rings is 1. The summed E-state index contributed by atoms with van der Waals surface area (Å²) in [4.78, 5) is 25.1. The van der Waals surface area contributed by atoms with E-state index in [1.165, 1.54) is 6.33 Å². The van der Waals surface area contributed by atoms with E-state index in [0.29, 0.717) is 48.7 Å². The van der Waals surface area contributed by atoms with Crippen LogP contribution < -0.4 is 5.56 Å². The molecule has 12 heteroatoms. The molecule has 2 aliphatic rings. The van der Waals surface area contributed by atoms with Crippen LogP contribution in [0.15, 0.2) is 27.8 Å². The van der Waals surface area contributed by atoms with Gasteiger partial charge in [0.15, 0.2) is 5.69 Å². The number of morpholine rings is 1. The minimum Gasteiger partial charge on any atom is -0.379 e. The lowest BCUT2D eigenvalue weighted by Gasteiger charge is -2.27. The number of methoxy groups -OCH3 is 1. The average molecular weight is 496 g/mol. The molecule has 4 heterocycles. The van der Waals surface area contributed by atoms with E-state index in [9.17, 15) is 10.1 Å². The summed E-state index contributed by atoms with van der Waals surface area (Å²) in [6.45, 7) is 3.86. The second-order valence-electron chi connectivity index (χ2n) is 8.75. The maximum absolute atomic E-state index is 13.9. The van der Waals surface area contributed by atoms with Crippen LogP contribution in [0.4, 0.5) is 0 Å². The molecule has 6 rings (SSSR count). The Labute approximate surface area is 204 Å². The van der Waals surface area contributed by atoms with Crippen molar-refractivity contribution in [2.45, 2.75) is 25.0 Å². The molecule has 3 aromatic heterocycles. The molecule has 1 aromatic carbocycles. The Morgan fingerprint density at radius 2 is 2.03 bits per heavy atom. The van der Waals surface area contributed by atoms with Gasteiger partial charge in [0.05, 0.1) is 34.8 Å². The third-order valence-electron chi connectivity index (χ3n) is 6.84. The van der Waals surface area contributed by atoms with Crippen molar-refractivity contribution in [1.29, 1.82) is 5.26 Å². The number of nitriles is 1. The van der Waals surface area contributed by atoms with E-state index in [2.05, 4.69) is 26.1 Å². The maximum Gasteiger partial charge on any atom is 0.279 e. The molecule has 4 aromatic rings. The Hall–Kier alpha value is -3.30. The highest BCUT2D eigenvalue weighted by Crippen LogP contribution is 2.47. The van der Waals surface area contributed by atoms with E-state index in [-0.39, 0.29) is 27.7 Å². The summed E-state index contributed by atoms with van der Waals surface area (Å²) in [5, 5.41) is 14.2. The fraction of sp³-hybridized carbons (Fsp3) is 0.435. The molecule has 1 aliphatic heterocycles. The van der Waals surface area contributed by atoms with Gasteiger partial charge in [0.1, 0.15) is 23.5 Å². The number of aromatic nitrogens is 5. The van der Waals surface area contributed by atoms with Gasteiger partial charge in [0.25, 0.3) is 11.4 Å². The van der Waals surface area contributed by atoms with Crippen LogP contribution in [0, 0.1) is 11.3 Å². The Bertz CT molecular complexity index is 1540. The van der Waals surface area contributed by atoms with Crippen LogP contribution in [-0.2, 0) is 21.6 Å². The lowest BCUT2D eigenvalue weighted by atomic mass is 10.1. The number of hydrogen-bond acceptors (Lipinski definition) is 9. The Morgan fingerprint density at radius 3 is 2.74 bits per heavy atom. The molecule has 0 amide bonds. The summed E-state index contributed by atoms with van der Waals surface area (Å²) >= 11 is 6.36. The Kier molecular flexibility index (Phi) is 5.34.